The number of rotatable bonds is 2. The molecule has 0 amide bonds. The van der Waals surface area contributed by atoms with Gasteiger partial charge in [0.2, 0.25) is 0 Å². The molecule has 18 heavy (non-hydrogen) atoms. The normalized spacial score (nSPS) is 32.4. The van der Waals surface area contributed by atoms with E-state index in [1.165, 1.54) is 12.3 Å². The first-order valence-electron chi connectivity index (χ1n) is 5.50. The Kier molecular flexibility index (Phi) is 3.62. The van der Waals surface area contributed by atoms with Crippen LogP contribution in [0.15, 0.2) is 17.1 Å². The summed E-state index contributed by atoms with van der Waals surface area (Å²) in [6.45, 7) is -0.453. The summed E-state index contributed by atoms with van der Waals surface area (Å²) in [5, 5.41) is 28.3. The Balaban J connectivity index is 2.26. The molecule has 5 N–H and O–H groups in total. The van der Waals surface area contributed by atoms with Crippen molar-refractivity contribution < 1.29 is 20.1 Å². The molecule has 100 valence electrons. The molecule has 0 saturated carbocycles. The lowest BCUT2D eigenvalue weighted by atomic mass is 10.0. The van der Waals surface area contributed by atoms with Crippen molar-refractivity contribution >= 4 is 5.82 Å². The highest BCUT2D eigenvalue weighted by Crippen LogP contribution is 2.26. The van der Waals surface area contributed by atoms with Crippen LogP contribution in [0.4, 0.5) is 5.82 Å². The Labute approximate surface area is 102 Å². The quantitative estimate of drug-likeness (QED) is 0.474. The number of ether oxygens (including phenoxy) is 1. The molecule has 0 aliphatic carbocycles. The van der Waals surface area contributed by atoms with Gasteiger partial charge in [-0.3, -0.25) is 4.57 Å². The van der Waals surface area contributed by atoms with Gasteiger partial charge in [-0.25, -0.2) is 4.79 Å². The summed E-state index contributed by atoms with van der Waals surface area (Å²) in [6, 6.07) is 1.43. The summed E-state index contributed by atoms with van der Waals surface area (Å²) in [6.07, 6.45) is -2.56. The van der Waals surface area contributed by atoms with E-state index in [0.717, 1.165) is 4.57 Å². The molecule has 1 fully saturated rings. The van der Waals surface area contributed by atoms with Crippen LogP contribution in [0.25, 0.3) is 0 Å². The maximum atomic E-state index is 11.6. The molecule has 2 heterocycles. The fourth-order valence-electron chi connectivity index (χ4n) is 1.91. The Hall–Kier alpha value is -1.48. The van der Waals surface area contributed by atoms with Crippen LogP contribution < -0.4 is 11.4 Å². The van der Waals surface area contributed by atoms with Crippen molar-refractivity contribution in [2.75, 3.05) is 12.3 Å². The molecule has 0 radical (unpaired) electrons. The molecule has 1 aromatic heterocycles. The van der Waals surface area contributed by atoms with Crippen molar-refractivity contribution in [1.82, 2.24) is 9.55 Å². The van der Waals surface area contributed by atoms with E-state index in [9.17, 15) is 15.0 Å². The maximum absolute atomic E-state index is 11.6. The molecule has 8 nitrogen and oxygen atoms in total. The highest BCUT2D eigenvalue weighted by molar-refractivity contribution is 5.23. The van der Waals surface area contributed by atoms with Gasteiger partial charge in [0, 0.05) is 12.6 Å². The molecule has 1 aromatic rings. The number of nitrogens with zero attached hydrogens (tertiary/aromatic N) is 2. The molecule has 0 unspecified atom stereocenters. The number of aliphatic hydroxyl groups excluding tert-OH is 3. The summed E-state index contributed by atoms with van der Waals surface area (Å²) in [5.41, 5.74) is 4.75. The third-order valence-corrected chi connectivity index (χ3v) is 2.89. The molecular weight excluding hydrogens is 242 g/mol. The van der Waals surface area contributed by atoms with E-state index in [1.807, 2.05) is 0 Å². The summed E-state index contributed by atoms with van der Waals surface area (Å²) in [4.78, 5) is 15.1. The second kappa shape index (κ2) is 5.02. The van der Waals surface area contributed by atoms with Gasteiger partial charge in [-0.1, -0.05) is 0 Å². The lowest BCUT2D eigenvalue weighted by molar-refractivity contribution is -0.202. The standard InChI is InChI=1S/C10H15N3O5/c11-7-1-2-13(10(17)12-7)8-3-5(15)9(16)6(4-14)18-8/h1-2,5-6,8-9,14-16H,3-4H2,(H2,11,12,17)/t5-,6+,8+,9-/m0/s1. The van der Waals surface area contributed by atoms with E-state index >= 15 is 0 Å². The van der Waals surface area contributed by atoms with E-state index < -0.39 is 36.8 Å². The van der Waals surface area contributed by atoms with E-state index in [2.05, 4.69) is 4.98 Å². The second-order valence-corrected chi connectivity index (χ2v) is 4.15. The van der Waals surface area contributed by atoms with E-state index in [-0.39, 0.29) is 12.2 Å². The average molecular weight is 257 g/mol. The van der Waals surface area contributed by atoms with Gasteiger partial charge >= 0.3 is 5.69 Å². The number of aromatic nitrogens is 2. The number of nitrogens with two attached hydrogens (primary N) is 1. The molecule has 0 bridgehead atoms. The highest BCUT2D eigenvalue weighted by atomic mass is 16.5. The van der Waals surface area contributed by atoms with Gasteiger partial charge in [0.1, 0.15) is 24.3 Å². The molecule has 0 spiro atoms. The lowest BCUT2D eigenvalue weighted by Crippen LogP contribution is -2.49. The Morgan fingerprint density at radius 1 is 1.56 bits per heavy atom. The van der Waals surface area contributed by atoms with Crippen molar-refractivity contribution in [2.24, 2.45) is 0 Å². The molecule has 2 rings (SSSR count). The Morgan fingerprint density at radius 3 is 2.89 bits per heavy atom. The first-order valence-corrected chi connectivity index (χ1v) is 5.50. The topological polar surface area (TPSA) is 131 Å². The summed E-state index contributed by atoms with van der Waals surface area (Å²) in [7, 11) is 0. The largest absolute Gasteiger partial charge is 0.394 e. The van der Waals surface area contributed by atoms with E-state index in [0.29, 0.717) is 0 Å². The zero-order valence-electron chi connectivity index (χ0n) is 9.51. The van der Waals surface area contributed by atoms with E-state index in [1.54, 1.807) is 0 Å². The minimum absolute atomic E-state index is 0.0309. The van der Waals surface area contributed by atoms with Gasteiger partial charge in [-0.15, -0.1) is 0 Å². The van der Waals surface area contributed by atoms with Gasteiger partial charge in [0.25, 0.3) is 0 Å². The van der Waals surface area contributed by atoms with Gasteiger partial charge < -0.3 is 25.8 Å². The minimum atomic E-state index is -1.18. The summed E-state index contributed by atoms with van der Waals surface area (Å²) < 4.78 is 6.51. The molecular formula is C10H15N3O5. The van der Waals surface area contributed by atoms with Crippen molar-refractivity contribution in [3.05, 3.63) is 22.7 Å². The van der Waals surface area contributed by atoms with Gasteiger partial charge in [-0.2, -0.15) is 4.98 Å². The highest BCUT2D eigenvalue weighted by Gasteiger charge is 2.37. The van der Waals surface area contributed by atoms with Crippen LogP contribution in [0.2, 0.25) is 0 Å². The van der Waals surface area contributed by atoms with Crippen LogP contribution in [0.5, 0.6) is 0 Å². The third kappa shape index (κ3) is 2.36. The first-order chi connectivity index (χ1) is 8.52. The van der Waals surface area contributed by atoms with Gasteiger partial charge in [0.05, 0.1) is 12.7 Å². The van der Waals surface area contributed by atoms with Crippen LogP contribution in [0.3, 0.4) is 0 Å². The lowest BCUT2D eigenvalue weighted by Gasteiger charge is -2.36. The van der Waals surface area contributed by atoms with Crippen LogP contribution in [0.1, 0.15) is 12.6 Å². The SMILES string of the molecule is Nc1ccn([C@H]2C[C@H](O)[C@H](O)[C@@H](CO)O2)c(=O)n1. The third-order valence-electron chi connectivity index (χ3n) is 2.89. The smallest absolute Gasteiger partial charge is 0.351 e. The minimum Gasteiger partial charge on any atom is -0.394 e. The van der Waals surface area contributed by atoms with E-state index in [4.69, 9.17) is 15.6 Å². The van der Waals surface area contributed by atoms with Crippen molar-refractivity contribution in [3.8, 4) is 0 Å². The predicted octanol–water partition coefficient (Wildman–Crippen LogP) is -2.17. The zero-order chi connectivity index (χ0) is 13.3. The molecule has 1 saturated heterocycles. The van der Waals surface area contributed by atoms with Crippen molar-refractivity contribution in [2.45, 2.75) is 31.0 Å². The molecule has 1 aliphatic heterocycles. The monoisotopic (exact) mass is 257 g/mol. The van der Waals surface area contributed by atoms with Crippen LogP contribution in [0, 0.1) is 0 Å². The average Bonchev–Trinajstić information content (AvgIpc) is 2.32. The first kappa shape index (κ1) is 13.0. The number of hydrogen-bond donors (Lipinski definition) is 4. The molecule has 8 heteroatoms. The second-order valence-electron chi connectivity index (χ2n) is 4.15. The zero-order valence-corrected chi connectivity index (χ0v) is 9.51. The van der Waals surface area contributed by atoms with Gasteiger partial charge in [-0.05, 0) is 6.07 Å². The molecule has 1 aliphatic rings. The van der Waals surface area contributed by atoms with Crippen molar-refractivity contribution in [3.63, 3.8) is 0 Å². The Morgan fingerprint density at radius 2 is 2.28 bits per heavy atom. The van der Waals surface area contributed by atoms with Crippen molar-refractivity contribution in [1.29, 1.82) is 0 Å². The number of aliphatic hydroxyl groups is 3. The summed E-state index contributed by atoms with van der Waals surface area (Å²) >= 11 is 0. The fraction of sp³-hybridized carbons (Fsp3) is 0.600. The Bertz CT molecular complexity index is 477. The number of nitrogen functional groups attached to an aromatic ring is 1. The number of anilines is 1. The van der Waals surface area contributed by atoms with Gasteiger partial charge in [0.15, 0.2) is 0 Å². The van der Waals surface area contributed by atoms with Crippen LogP contribution in [-0.2, 0) is 4.74 Å². The fourth-order valence-corrected chi connectivity index (χ4v) is 1.91. The van der Waals surface area contributed by atoms with Crippen LogP contribution >= 0.6 is 0 Å². The summed E-state index contributed by atoms with van der Waals surface area (Å²) in [5.74, 6) is 0.0892. The van der Waals surface area contributed by atoms with Crippen LogP contribution in [-0.4, -0.2) is 49.8 Å². The maximum Gasteiger partial charge on any atom is 0.351 e. The molecule has 4 atom stereocenters. The predicted molar refractivity (Wildman–Crippen MR) is 60.5 cm³/mol. The molecule has 0 aromatic carbocycles. The number of hydrogen-bond acceptors (Lipinski definition) is 7.